The lowest BCUT2D eigenvalue weighted by Crippen LogP contribution is -2.62. The number of hydrazine groups is 1. The molecule has 144 valence electrons. The first-order valence-corrected chi connectivity index (χ1v) is 9.89. The maximum Gasteiger partial charge on any atom is 0.237 e. The molecule has 2 fully saturated rings. The van der Waals surface area contributed by atoms with E-state index in [2.05, 4.69) is 28.0 Å². The van der Waals surface area contributed by atoms with Crippen molar-refractivity contribution in [1.82, 2.24) is 15.8 Å². The van der Waals surface area contributed by atoms with Gasteiger partial charge in [-0.15, -0.1) is 0 Å². The first kappa shape index (κ1) is 18.9. The Kier molecular flexibility index (Phi) is 5.31. The minimum Gasteiger partial charge on any atom is -0.329 e. The summed E-state index contributed by atoms with van der Waals surface area (Å²) in [5, 5.41) is 10.0. The van der Waals surface area contributed by atoms with Gasteiger partial charge in [-0.1, -0.05) is 11.6 Å². The molecule has 4 unspecified atom stereocenters. The molecule has 0 bridgehead atoms. The van der Waals surface area contributed by atoms with Crippen molar-refractivity contribution in [2.24, 2.45) is 17.6 Å². The molecule has 2 aromatic rings. The summed E-state index contributed by atoms with van der Waals surface area (Å²) in [6.45, 7) is 0.487. The van der Waals surface area contributed by atoms with E-state index in [1.54, 1.807) is 24.4 Å². The SMILES string of the molecule is N#Cc1ccc(Cl)cc1-c1cncc(C2CCC3C(=O)NNC(CN)C3C2)c1. The lowest BCUT2D eigenvalue weighted by Gasteiger charge is -2.43. The number of carbonyl (C=O) groups is 1. The van der Waals surface area contributed by atoms with Crippen LogP contribution in [0, 0.1) is 23.2 Å². The van der Waals surface area contributed by atoms with Gasteiger partial charge in [0.2, 0.25) is 5.91 Å². The standard InChI is InChI=1S/C21H22ClN5O/c22-16-3-1-13(8-23)18(7-16)15-5-14(10-25-11-15)12-2-4-17-19(6-12)20(9-24)26-27-21(17)28/h1,3,5,7,10-12,17,19-20,26H,2,4,6,9,24H2,(H,27,28). The number of nitriles is 1. The van der Waals surface area contributed by atoms with E-state index in [4.69, 9.17) is 17.3 Å². The van der Waals surface area contributed by atoms with E-state index >= 15 is 0 Å². The molecule has 7 heteroatoms. The van der Waals surface area contributed by atoms with Crippen molar-refractivity contribution in [3.05, 3.63) is 52.8 Å². The molecule has 2 aliphatic rings. The number of pyridine rings is 1. The van der Waals surface area contributed by atoms with E-state index < -0.39 is 0 Å². The summed E-state index contributed by atoms with van der Waals surface area (Å²) in [7, 11) is 0. The Balaban J connectivity index is 1.63. The summed E-state index contributed by atoms with van der Waals surface area (Å²) in [6, 6.07) is 9.65. The molecule has 1 aromatic heterocycles. The number of nitrogens with zero attached hydrogens (tertiary/aromatic N) is 2. The minimum atomic E-state index is 0.0142. The van der Waals surface area contributed by atoms with Gasteiger partial charge >= 0.3 is 0 Å². The van der Waals surface area contributed by atoms with Gasteiger partial charge in [-0.25, -0.2) is 5.43 Å². The zero-order chi connectivity index (χ0) is 19.7. The summed E-state index contributed by atoms with van der Waals surface area (Å²) in [4.78, 5) is 16.6. The summed E-state index contributed by atoms with van der Waals surface area (Å²) in [5.74, 6) is 0.597. The number of hydrogen-bond acceptors (Lipinski definition) is 5. The van der Waals surface area contributed by atoms with Crippen molar-refractivity contribution in [1.29, 1.82) is 5.26 Å². The zero-order valence-electron chi connectivity index (χ0n) is 15.4. The molecule has 4 rings (SSSR count). The number of carbonyl (C=O) groups excluding carboxylic acids is 1. The maximum atomic E-state index is 12.2. The molecular weight excluding hydrogens is 374 g/mol. The summed E-state index contributed by atoms with van der Waals surface area (Å²) >= 11 is 6.15. The third-order valence-corrected chi connectivity index (χ3v) is 6.27. The van der Waals surface area contributed by atoms with Gasteiger partial charge in [0.1, 0.15) is 0 Å². The number of nitrogens with two attached hydrogens (primary N) is 1. The molecule has 2 heterocycles. The number of benzene rings is 1. The Labute approximate surface area is 169 Å². The van der Waals surface area contributed by atoms with Gasteiger partial charge in [0.25, 0.3) is 0 Å². The Morgan fingerprint density at radius 2 is 2.14 bits per heavy atom. The van der Waals surface area contributed by atoms with Crippen LogP contribution in [0.1, 0.15) is 36.3 Å². The zero-order valence-corrected chi connectivity index (χ0v) is 16.1. The molecule has 1 amide bonds. The Hall–Kier alpha value is -2.46. The van der Waals surface area contributed by atoms with Gasteiger partial charge in [0.05, 0.1) is 11.6 Å². The van der Waals surface area contributed by atoms with Crippen LogP contribution in [0.2, 0.25) is 5.02 Å². The fourth-order valence-corrected chi connectivity index (χ4v) is 4.73. The van der Waals surface area contributed by atoms with Gasteiger partial charge in [-0.3, -0.25) is 15.2 Å². The molecule has 1 saturated heterocycles. The molecule has 1 aliphatic carbocycles. The van der Waals surface area contributed by atoms with E-state index in [1.165, 1.54) is 0 Å². The van der Waals surface area contributed by atoms with E-state index in [9.17, 15) is 10.1 Å². The van der Waals surface area contributed by atoms with E-state index in [0.29, 0.717) is 23.0 Å². The predicted octanol–water partition coefficient (Wildman–Crippen LogP) is 2.74. The number of fused-ring (bicyclic) bond motifs is 1. The highest BCUT2D eigenvalue weighted by molar-refractivity contribution is 6.30. The van der Waals surface area contributed by atoms with Crippen molar-refractivity contribution in [3.8, 4) is 17.2 Å². The highest BCUT2D eigenvalue weighted by atomic mass is 35.5. The van der Waals surface area contributed by atoms with E-state index in [-0.39, 0.29) is 23.8 Å². The topological polar surface area (TPSA) is 104 Å². The van der Waals surface area contributed by atoms with Crippen LogP contribution < -0.4 is 16.6 Å². The van der Waals surface area contributed by atoms with Crippen molar-refractivity contribution in [2.75, 3.05) is 6.54 Å². The summed E-state index contributed by atoms with van der Waals surface area (Å²) in [5.41, 5.74) is 15.1. The largest absolute Gasteiger partial charge is 0.329 e. The van der Waals surface area contributed by atoms with Crippen molar-refractivity contribution in [2.45, 2.75) is 31.2 Å². The Morgan fingerprint density at radius 3 is 2.93 bits per heavy atom. The smallest absolute Gasteiger partial charge is 0.237 e. The number of hydrogen-bond donors (Lipinski definition) is 3. The molecular formula is C21H22ClN5O. The number of amides is 1. The van der Waals surface area contributed by atoms with Gasteiger partial charge < -0.3 is 5.73 Å². The van der Waals surface area contributed by atoms with E-state index in [1.807, 2.05) is 6.20 Å². The van der Waals surface area contributed by atoms with Crippen LogP contribution in [-0.2, 0) is 4.79 Å². The second kappa shape index (κ2) is 7.88. The molecule has 0 radical (unpaired) electrons. The van der Waals surface area contributed by atoms with Crippen LogP contribution >= 0.6 is 11.6 Å². The average molecular weight is 396 g/mol. The van der Waals surface area contributed by atoms with Crippen molar-refractivity contribution < 1.29 is 4.79 Å². The second-order valence-corrected chi connectivity index (χ2v) is 8.00. The molecule has 1 aromatic carbocycles. The van der Waals surface area contributed by atoms with Crippen LogP contribution in [-0.4, -0.2) is 23.5 Å². The first-order chi connectivity index (χ1) is 13.6. The van der Waals surface area contributed by atoms with Gasteiger partial charge in [0.15, 0.2) is 0 Å². The van der Waals surface area contributed by atoms with Crippen molar-refractivity contribution in [3.63, 3.8) is 0 Å². The second-order valence-electron chi connectivity index (χ2n) is 7.56. The number of halogens is 1. The minimum absolute atomic E-state index is 0.0142. The third kappa shape index (κ3) is 3.49. The Morgan fingerprint density at radius 1 is 1.29 bits per heavy atom. The first-order valence-electron chi connectivity index (χ1n) is 9.51. The third-order valence-electron chi connectivity index (χ3n) is 6.03. The van der Waals surface area contributed by atoms with Crippen LogP contribution in [0.5, 0.6) is 0 Å². The summed E-state index contributed by atoms with van der Waals surface area (Å²) < 4.78 is 0. The molecule has 0 spiro atoms. The maximum absolute atomic E-state index is 12.2. The number of aromatic nitrogens is 1. The van der Waals surface area contributed by atoms with Gasteiger partial charge in [0, 0.05) is 47.0 Å². The van der Waals surface area contributed by atoms with Crippen LogP contribution in [0.15, 0.2) is 36.7 Å². The monoisotopic (exact) mass is 395 g/mol. The highest BCUT2D eigenvalue weighted by Crippen LogP contribution is 2.42. The molecule has 6 nitrogen and oxygen atoms in total. The average Bonchev–Trinajstić information content (AvgIpc) is 2.74. The quantitative estimate of drug-likeness (QED) is 0.741. The molecule has 4 atom stereocenters. The molecule has 28 heavy (non-hydrogen) atoms. The lowest BCUT2D eigenvalue weighted by atomic mass is 9.68. The van der Waals surface area contributed by atoms with Crippen molar-refractivity contribution >= 4 is 17.5 Å². The van der Waals surface area contributed by atoms with Crippen LogP contribution in [0.25, 0.3) is 11.1 Å². The fourth-order valence-electron chi connectivity index (χ4n) is 4.56. The Bertz CT molecular complexity index is 941. The van der Waals surface area contributed by atoms with Crippen LogP contribution in [0.3, 0.4) is 0 Å². The lowest BCUT2D eigenvalue weighted by molar-refractivity contribution is -0.133. The van der Waals surface area contributed by atoms with Crippen LogP contribution in [0.4, 0.5) is 0 Å². The predicted molar refractivity (Wildman–Crippen MR) is 107 cm³/mol. The normalized spacial score (nSPS) is 26.8. The number of nitrogens with one attached hydrogen (secondary N) is 2. The molecule has 1 aliphatic heterocycles. The van der Waals surface area contributed by atoms with E-state index in [0.717, 1.165) is 36.0 Å². The highest BCUT2D eigenvalue weighted by Gasteiger charge is 2.42. The van der Waals surface area contributed by atoms with Gasteiger partial charge in [-0.2, -0.15) is 5.26 Å². The fraction of sp³-hybridized carbons (Fsp3) is 0.381. The van der Waals surface area contributed by atoms with Gasteiger partial charge in [-0.05, 0) is 60.9 Å². The molecule has 1 saturated carbocycles. The molecule has 4 N–H and O–H groups in total. The summed E-state index contributed by atoms with van der Waals surface area (Å²) in [6.07, 6.45) is 6.30. The number of rotatable bonds is 3.